The first-order valence-corrected chi connectivity index (χ1v) is 17.0. The van der Waals surface area contributed by atoms with E-state index in [0.29, 0.717) is 16.1 Å². The van der Waals surface area contributed by atoms with Gasteiger partial charge in [0.25, 0.3) is 23.6 Å². The van der Waals surface area contributed by atoms with Crippen molar-refractivity contribution in [3.8, 4) is 11.5 Å². The van der Waals surface area contributed by atoms with Gasteiger partial charge in [0.15, 0.2) is 50.3 Å². The fraction of sp³-hybridized carbons (Fsp3) is 0.324. The summed E-state index contributed by atoms with van der Waals surface area (Å²) in [6.45, 7) is 0. The average Bonchev–Trinajstić information content (AvgIpc) is 3.47. The molecule has 6 atom stereocenters. The molecule has 0 radical (unpaired) electrons. The van der Waals surface area contributed by atoms with Gasteiger partial charge in [0, 0.05) is 13.0 Å². The van der Waals surface area contributed by atoms with E-state index in [4.69, 9.17) is 39.5 Å². The number of alkyl halides is 5. The van der Waals surface area contributed by atoms with Crippen molar-refractivity contribution in [1.82, 2.24) is 9.99 Å². The molecule has 4 amide bonds. The van der Waals surface area contributed by atoms with Crippen LogP contribution in [0, 0.1) is 46.8 Å². The molecule has 4 aliphatic rings. The van der Waals surface area contributed by atoms with Crippen molar-refractivity contribution in [3.05, 3.63) is 87.3 Å². The first-order valence-electron chi connectivity index (χ1n) is 15.8. The van der Waals surface area contributed by atoms with Crippen LogP contribution in [0.1, 0.15) is 30.0 Å². The SMILES string of the molecule is COc1ccc([C@H]2C3=CC[C@@H]4C(=O)N(N(C)c5nc(C(F)(F)F)ccc5Cl)C(=O)[C@@H]4[C@@H]3C[C@@]3(Cl)C(=O)N(c4c(F)c(F)c(F)c(F)c4F)C(=O)[C@@]23Cl)cc1O. The Kier molecular flexibility index (Phi) is 8.89. The van der Waals surface area contributed by atoms with Crippen molar-refractivity contribution in [2.75, 3.05) is 24.1 Å². The number of hydrogen-bond donors (Lipinski definition) is 1. The molecule has 7 rings (SSSR count). The molecule has 3 heterocycles. The van der Waals surface area contributed by atoms with Gasteiger partial charge in [-0.2, -0.15) is 18.2 Å². The monoisotopic (exact) mass is 838 g/mol. The summed E-state index contributed by atoms with van der Waals surface area (Å²) in [5.41, 5.74) is -3.42. The van der Waals surface area contributed by atoms with Crippen LogP contribution < -0.4 is 14.6 Å². The molecule has 0 bridgehead atoms. The van der Waals surface area contributed by atoms with E-state index < -0.39 is 122 Å². The zero-order valence-electron chi connectivity index (χ0n) is 27.6. The number of hydrazine groups is 1. The highest BCUT2D eigenvalue weighted by Crippen LogP contribution is 2.66. The summed E-state index contributed by atoms with van der Waals surface area (Å²) in [7, 11) is 2.25. The number of aromatic nitrogens is 1. The Morgan fingerprint density at radius 3 is 2.11 bits per heavy atom. The molecule has 10 nitrogen and oxygen atoms in total. The Balaban J connectivity index is 1.39. The van der Waals surface area contributed by atoms with Crippen LogP contribution in [0.5, 0.6) is 11.5 Å². The number of pyridine rings is 1. The highest BCUT2D eigenvalue weighted by atomic mass is 35.5. The minimum absolute atomic E-state index is 0.0541. The molecule has 2 aliphatic carbocycles. The largest absolute Gasteiger partial charge is 0.504 e. The van der Waals surface area contributed by atoms with Gasteiger partial charge in [0.2, 0.25) is 5.82 Å². The molecule has 1 saturated carbocycles. The molecule has 1 aromatic heterocycles. The molecule has 2 aromatic carbocycles. The third-order valence-corrected chi connectivity index (χ3v) is 12.2. The van der Waals surface area contributed by atoms with E-state index in [-0.39, 0.29) is 33.2 Å². The standard InChI is InChI=1S/C34H21Cl3F8N4O6/c1-47(27-15(35)6-8-18(46-27)34(43,44)45)49-28(51)13-5-4-12-14(19(13)29(49)52)10-32(36)30(53)48(26-24(41)22(39)21(38)23(40)25(26)42)31(54)33(32,37)20(12)11-3-7-17(55-2)16(50)9-11/h3-4,6-9,13-14,19-20,50H,5,10H2,1-2H3/t13-,14+,19-,20-,32+,33-/m0/s1. The minimum atomic E-state index is -4.95. The summed E-state index contributed by atoms with van der Waals surface area (Å²) in [6.07, 6.45) is -4.68. The lowest BCUT2D eigenvalue weighted by Crippen LogP contribution is -2.60. The number of methoxy groups -OCH3 is 1. The van der Waals surface area contributed by atoms with Crippen molar-refractivity contribution in [1.29, 1.82) is 0 Å². The predicted octanol–water partition coefficient (Wildman–Crippen LogP) is 6.78. The number of ether oxygens (including phenoxy) is 1. The number of nitrogens with zero attached hydrogens (tertiary/aromatic N) is 4. The number of benzene rings is 2. The molecule has 1 N–H and O–H groups in total. The van der Waals surface area contributed by atoms with Crippen LogP contribution in [0.3, 0.4) is 0 Å². The van der Waals surface area contributed by atoms with E-state index in [9.17, 15) is 50.6 Å². The third kappa shape index (κ3) is 5.16. The van der Waals surface area contributed by atoms with Gasteiger partial charge in [0.1, 0.15) is 11.4 Å². The number of fused-ring (bicyclic) bond motifs is 4. The van der Waals surface area contributed by atoms with Gasteiger partial charge < -0.3 is 9.84 Å². The molecule has 3 fully saturated rings. The molecule has 2 aliphatic heterocycles. The average molecular weight is 840 g/mol. The Labute approximate surface area is 318 Å². The quantitative estimate of drug-likeness (QED) is 0.0747. The molecular weight excluding hydrogens is 819 g/mol. The second-order valence-electron chi connectivity index (χ2n) is 13.1. The van der Waals surface area contributed by atoms with Crippen LogP contribution in [0.4, 0.5) is 46.6 Å². The number of carbonyl (C=O) groups is 4. The van der Waals surface area contributed by atoms with Gasteiger partial charge in [-0.05, 0) is 48.6 Å². The number of halogens is 11. The third-order valence-electron chi connectivity index (χ3n) is 10.5. The maximum Gasteiger partial charge on any atom is 0.433 e. The molecular formula is C34H21Cl3F8N4O6. The van der Waals surface area contributed by atoms with Crippen LogP contribution in [-0.2, 0) is 25.4 Å². The van der Waals surface area contributed by atoms with Crippen LogP contribution >= 0.6 is 34.8 Å². The first kappa shape index (κ1) is 38.6. The summed E-state index contributed by atoms with van der Waals surface area (Å²) >= 11 is 20.3. The van der Waals surface area contributed by atoms with Crippen LogP contribution in [0.25, 0.3) is 0 Å². The first-order chi connectivity index (χ1) is 25.6. The number of phenols is 1. The number of aromatic hydroxyl groups is 1. The molecule has 290 valence electrons. The maximum absolute atomic E-state index is 15.2. The van der Waals surface area contributed by atoms with Crippen LogP contribution in [0.15, 0.2) is 42.0 Å². The second kappa shape index (κ2) is 12.7. The fourth-order valence-corrected chi connectivity index (χ4v) is 9.18. The number of anilines is 2. The van der Waals surface area contributed by atoms with E-state index in [0.717, 1.165) is 19.2 Å². The molecule has 2 saturated heterocycles. The number of carbonyl (C=O) groups excluding carboxylic acids is 4. The summed E-state index contributed by atoms with van der Waals surface area (Å²) in [5.74, 6) is -25.3. The number of amides is 4. The molecule has 3 aromatic rings. The summed E-state index contributed by atoms with van der Waals surface area (Å²) in [6, 6.07) is 4.96. The van der Waals surface area contributed by atoms with E-state index in [1.54, 1.807) is 0 Å². The fourth-order valence-electron chi connectivity index (χ4n) is 8.02. The Hall–Kier alpha value is -4.68. The lowest BCUT2D eigenvalue weighted by molar-refractivity contribution is -0.141. The minimum Gasteiger partial charge on any atom is -0.504 e. The van der Waals surface area contributed by atoms with Crippen LogP contribution in [0.2, 0.25) is 5.02 Å². The van der Waals surface area contributed by atoms with Crippen molar-refractivity contribution >= 4 is 69.9 Å². The van der Waals surface area contributed by atoms with Gasteiger partial charge in [0.05, 0.1) is 24.0 Å². The van der Waals surface area contributed by atoms with Gasteiger partial charge in [-0.3, -0.25) is 24.2 Å². The highest BCUT2D eigenvalue weighted by molar-refractivity contribution is 6.58. The van der Waals surface area contributed by atoms with Crippen molar-refractivity contribution in [3.63, 3.8) is 0 Å². The van der Waals surface area contributed by atoms with Crippen LogP contribution in [-0.4, -0.2) is 62.6 Å². The number of phenolic OH excluding ortho intramolecular Hbond substituents is 1. The topological polar surface area (TPSA) is 120 Å². The summed E-state index contributed by atoms with van der Waals surface area (Å²) in [4.78, 5) is 54.3. The zero-order chi connectivity index (χ0) is 40.4. The Morgan fingerprint density at radius 1 is 0.909 bits per heavy atom. The lowest BCUT2D eigenvalue weighted by Gasteiger charge is -2.50. The van der Waals surface area contributed by atoms with Gasteiger partial charge >= 0.3 is 6.18 Å². The number of imide groups is 2. The molecule has 55 heavy (non-hydrogen) atoms. The van der Waals surface area contributed by atoms with E-state index in [1.807, 2.05) is 0 Å². The summed E-state index contributed by atoms with van der Waals surface area (Å²) < 4.78 is 119. The highest BCUT2D eigenvalue weighted by Gasteiger charge is 2.77. The Morgan fingerprint density at radius 2 is 1.53 bits per heavy atom. The van der Waals surface area contributed by atoms with E-state index in [1.165, 1.54) is 25.3 Å². The summed E-state index contributed by atoms with van der Waals surface area (Å²) in [5, 5.41) is 11.6. The zero-order valence-corrected chi connectivity index (χ0v) is 29.9. The van der Waals surface area contributed by atoms with E-state index >= 15 is 8.78 Å². The molecule has 0 unspecified atom stereocenters. The molecule has 21 heteroatoms. The molecule has 0 spiro atoms. The maximum atomic E-state index is 15.2. The lowest BCUT2D eigenvalue weighted by atomic mass is 9.56. The second-order valence-corrected chi connectivity index (χ2v) is 14.8. The van der Waals surface area contributed by atoms with E-state index in [2.05, 4.69) is 4.98 Å². The number of hydrogen-bond acceptors (Lipinski definition) is 8. The van der Waals surface area contributed by atoms with Crippen molar-refractivity contribution in [2.45, 2.75) is 34.7 Å². The Bertz CT molecular complexity index is 2270. The number of allylic oxidation sites excluding steroid dienone is 2. The van der Waals surface area contributed by atoms with Gasteiger partial charge in [-0.1, -0.05) is 29.3 Å². The van der Waals surface area contributed by atoms with Crippen molar-refractivity contribution in [2.24, 2.45) is 17.8 Å². The smallest absolute Gasteiger partial charge is 0.433 e. The number of rotatable bonds is 5. The normalized spacial score (nSPS) is 27.6. The van der Waals surface area contributed by atoms with Gasteiger partial charge in [-0.25, -0.2) is 31.8 Å². The van der Waals surface area contributed by atoms with Crippen molar-refractivity contribution < 1.29 is 64.1 Å². The predicted molar refractivity (Wildman–Crippen MR) is 176 cm³/mol. The van der Waals surface area contributed by atoms with Gasteiger partial charge in [-0.15, -0.1) is 23.2 Å².